The maximum Gasteiger partial charge on any atom is 0.261 e. The van der Waals surface area contributed by atoms with Crippen LogP contribution in [-0.4, -0.2) is 39.0 Å². The molecule has 1 aliphatic heterocycles. The molecule has 2 aliphatic rings. The highest BCUT2D eigenvalue weighted by Crippen LogP contribution is 2.26. The third-order valence-corrected chi connectivity index (χ3v) is 5.19. The minimum Gasteiger partial charge on any atom is -0.340 e. The highest BCUT2D eigenvalue weighted by atomic mass is 16.5. The molecule has 132 valence electrons. The van der Waals surface area contributed by atoms with E-state index in [4.69, 9.17) is 4.52 Å². The number of aryl methyl sites for hydroxylation is 3. The standard InChI is InChI=1S/C18H22N4O3/c1-11-19-16(21-25-11)13-6-4-8-22(10-13)18(24)14-9-12-5-2-3-7-15(12)20-17(14)23/h9,13H,2-8,10H2,1H3,(H,20,23). The van der Waals surface area contributed by atoms with Crippen LogP contribution in [-0.2, 0) is 12.8 Å². The van der Waals surface area contributed by atoms with Gasteiger partial charge in [-0.05, 0) is 50.2 Å². The quantitative estimate of drug-likeness (QED) is 0.901. The number of hydrogen-bond donors (Lipinski definition) is 1. The Labute approximate surface area is 145 Å². The fourth-order valence-corrected chi connectivity index (χ4v) is 3.86. The SMILES string of the molecule is Cc1nc(C2CCCN(C(=O)c3cc4c([nH]c3=O)CCCC4)C2)no1. The molecule has 0 bridgehead atoms. The molecule has 1 aliphatic carbocycles. The summed E-state index contributed by atoms with van der Waals surface area (Å²) in [6.07, 6.45) is 5.80. The van der Waals surface area contributed by atoms with Crippen LogP contribution in [0.1, 0.15) is 64.9 Å². The van der Waals surface area contributed by atoms with Gasteiger partial charge in [0.2, 0.25) is 5.89 Å². The molecule has 7 heteroatoms. The highest BCUT2D eigenvalue weighted by Gasteiger charge is 2.29. The Hall–Kier alpha value is -2.44. The summed E-state index contributed by atoms with van der Waals surface area (Å²) in [6, 6.07) is 1.80. The average molecular weight is 342 g/mol. The number of aromatic amines is 1. The number of hydrogen-bond acceptors (Lipinski definition) is 5. The van der Waals surface area contributed by atoms with E-state index in [-0.39, 0.29) is 22.9 Å². The second-order valence-electron chi connectivity index (χ2n) is 6.98. The summed E-state index contributed by atoms with van der Waals surface area (Å²) in [4.78, 5) is 34.3. The van der Waals surface area contributed by atoms with Crippen molar-refractivity contribution in [2.45, 2.75) is 51.4 Å². The zero-order valence-corrected chi connectivity index (χ0v) is 14.4. The molecule has 1 fully saturated rings. The number of aromatic nitrogens is 3. The summed E-state index contributed by atoms with van der Waals surface area (Å²) in [5.41, 5.74) is 2.08. The number of amides is 1. The van der Waals surface area contributed by atoms with Crippen molar-refractivity contribution in [2.75, 3.05) is 13.1 Å². The molecule has 2 aromatic heterocycles. The van der Waals surface area contributed by atoms with Gasteiger partial charge in [0.25, 0.3) is 11.5 Å². The number of piperidine rings is 1. The molecular formula is C18H22N4O3. The van der Waals surface area contributed by atoms with Crippen LogP contribution >= 0.6 is 0 Å². The predicted octanol–water partition coefficient (Wildman–Crippen LogP) is 1.96. The first-order chi connectivity index (χ1) is 12.1. The van der Waals surface area contributed by atoms with Crippen LogP contribution in [0.2, 0.25) is 0 Å². The van der Waals surface area contributed by atoms with Crippen molar-refractivity contribution >= 4 is 5.91 Å². The van der Waals surface area contributed by atoms with E-state index in [1.165, 1.54) is 0 Å². The third-order valence-electron chi connectivity index (χ3n) is 5.19. The van der Waals surface area contributed by atoms with E-state index in [0.717, 1.165) is 49.8 Å². The molecule has 1 amide bonds. The van der Waals surface area contributed by atoms with E-state index in [0.29, 0.717) is 24.8 Å². The lowest BCUT2D eigenvalue weighted by Gasteiger charge is -2.31. The van der Waals surface area contributed by atoms with Crippen molar-refractivity contribution in [1.82, 2.24) is 20.0 Å². The number of carbonyl (C=O) groups excluding carboxylic acids is 1. The van der Waals surface area contributed by atoms with Crippen molar-refractivity contribution < 1.29 is 9.32 Å². The zero-order chi connectivity index (χ0) is 17.4. The van der Waals surface area contributed by atoms with Gasteiger partial charge in [0.05, 0.1) is 0 Å². The van der Waals surface area contributed by atoms with Crippen molar-refractivity contribution in [3.8, 4) is 0 Å². The molecule has 1 saturated heterocycles. The van der Waals surface area contributed by atoms with E-state index in [9.17, 15) is 9.59 Å². The van der Waals surface area contributed by atoms with Gasteiger partial charge >= 0.3 is 0 Å². The van der Waals surface area contributed by atoms with E-state index >= 15 is 0 Å². The van der Waals surface area contributed by atoms with Crippen LogP contribution in [0.4, 0.5) is 0 Å². The summed E-state index contributed by atoms with van der Waals surface area (Å²) in [7, 11) is 0. The fraction of sp³-hybridized carbons (Fsp3) is 0.556. The van der Waals surface area contributed by atoms with Crippen molar-refractivity contribution in [2.24, 2.45) is 0 Å². The van der Waals surface area contributed by atoms with Gasteiger partial charge in [0.15, 0.2) is 5.82 Å². The molecule has 2 aromatic rings. The number of likely N-dealkylation sites (tertiary alicyclic amines) is 1. The van der Waals surface area contributed by atoms with Crippen molar-refractivity contribution in [3.05, 3.63) is 45.0 Å². The number of H-pyrrole nitrogens is 1. The molecule has 7 nitrogen and oxygen atoms in total. The molecule has 1 unspecified atom stereocenters. The van der Waals surface area contributed by atoms with Gasteiger partial charge in [-0.1, -0.05) is 5.16 Å². The second-order valence-corrected chi connectivity index (χ2v) is 6.98. The Morgan fingerprint density at radius 3 is 2.96 bits per heavy atom. The first kappa shape index (κ1) is 16.1. The molecule has 1 N–H and O–H groups in total. The normalized spacial score (nSPS) is 20.4. The Bertz CT molecular complexity index is 854. The lowest BCUT2D eigenvalue weighted by atomic mass is 9.94. The number of nitrogens with zero attached hydrogens (tertiary/aromatic N) is 3. The molecule has 0 saturated carbocycles. The minimum atomic E-state index is -0.275. The van der Waals surface area contributed by atoms with Gasteiger partial charge in [-0.2, -0.15) is 4.98 Å². The second kappa shape index (κ2) is 6.46. The van der Waals surface area contributed by atoms with Crippen LogP contribution in [0.3, 0.4) is 0 Å². The molecule has 1 atom stereocenters. The van der Waals surface area contributed by atoms with Crippen molar-refractivity contribution in [1.29, 1.82) is 0 Å². The fourth-order valence-electron chi connectivity index (χ4n) is 3.86. The summed E-state index contributed by atoms with van der Waals surface area (Å²) in [5, 5.41) is 3.99. The molecule has 25 heavy (non-hydrogen) atoms. The highest BCUT2D eigenvalue weighted by molar-refractivity contribution is 5.94. The summed E-state index contributed by atoms with van der Waals surface area (Å²) < 4.78 is 5.06. The summed E-state index contributed by atoms with van der Waals surface area (Å²) in [6.45, 7) is 2.94. The van der Waals surface area contributed by atoms with E-state index in [2.05, 4.69) is 15.1 Å². The van der Waals surface area contributed by atoms with Crippen LogP contribution in [0, 0.1) is 6.92 Å². The number of fused-ring (bicyclic) bond motifs is 1. The molecule has 0 radical (unpaired) electrons. The Morgan fingerprint density at radius 2 is 2.16 bits per heavy atom. The maximum absolute atomic E-state index is 12.9. The smallest absolute Gasteiger partial charge is 0.261 e. The molecule has 4 rings (SSSR count). The molecule has 3 heterocycles. The Balaban J connectivity index is 1.57. The Kier molecular flexibility index (Phi) is 4.15. The molecule has 0 spiro atoms. The monoisotopic (exact) mass is 342 g/mol. The molecule has 0 aromatic carbocycles. The molecular weight excluding hydrogens is 320 g/mol. The number of pyridine rings is 1. The summed E-state index contributed by atoms with van der Waals surface area (Å²) >= 11 is 0. The minimum absolute atomic E-state index is 0.0619. The third kappa shape index (κ3) is 3.10. The Morgan fingerprint density at radius 1 is 1.32 bits per heavy atom. The van der Waals surface area contributed by atoms with Gasteiger partial charge in [0.1, 0.15) is 5.56 Å². The van der Waals surface area contributed by atoms with Crippen molar-refractivity contribution in [3.63, 3.8) is 0 Å². The first-order valence-corrected chi connectivity index (χ1v) is 8.96. The van der Waals surface area contributed by atoms with E-state index < -0.39 is 0 Å². The van der Waals surface area contributed by atoms with Crippen LogP contribution < -0.4 is 5.56 Å². The van der Waals surface area contributed by atoms with Crippen LogP contribution in [0.15, 0.2) is 15.4 Å². The van der Waals surface area contributed by atoms with E-state index in [1.807, 2.05) is 0 Å². The van der Waals surface area contributed by atoms with E-state index in [1.54, 1.807) is 17.9 Å². The van der Waals surface area contributed by atoms with Gasteiger partial charge in [0, 0.05) is 31.6 Å². The van der Waals surface area contributed by atoms with Crippen LogP contribution in [0.5, 0.6) is 0 Å². The first-order valence-electron chi connectivity index (χ1n) is 8.96. The van der Waals surface area contributed by atoms with Gasteiger partial charge < -0.3 is 14.4 Å². The number of nitrogens with one attached hydrogen (secondary N) is 1. The lowest BCUT2D eigenvalue weighted by Crippen LogP contribution is -2.41. The predicted molar refractivity (Wildman–Crippen MR) is 90.6 cm³/mol. The maximum atomic E-state index is 12.9. The number of carbonyl (C=O) groups is 1. The number of rotatable bonds is 2. The van der Waals surface area contributed by atoms with Crippen LogP contribution in [0.25, 0.3) is 0 Å². The largest absolute Gasteiger partial charge is 0.340 e. The average Bonchev–Trinajstić information content (AvgIpc) is 3.07. The van der Waals surface area contributed by atoms with Gasteiger partial charge in [-0.3, -0.25) is 9.59 Å². The lowest BCUT2D eigenvalue weighted by molar-refractivity contribution is 0.0701. The summed E-state index contributed by atoms with van der Waals surface area (Å²) in [5.74, 6) is 1.05. The van der Waals surface area contributed by atoms with Gasteiger partial charge in [-0.25, -0.2) is 0 Å². The zero-order valence-electron chi connectivity index (χ0n) is 14.4. The topological polar surface area (TPSA) is 92.1 Å². The van der Waals surface area contributed by atoms with Gasteiger partial charge in [-0.15, -0.1) is 0 Å².